The molecule has 1 aromatic heterocycles. The third-order valence-electron chi connectivity index (χ3n) is 4.62. The topological polar surface area (TPSA) is 113 Å². The Hall–Kier alpha value is -2.85. The first-order valence-corrected chi connectivity index (χ1v) is 11.9. The van der Waals surface area contributed by atoms with Gasteiger partial charge >= 0.3 is 12.1 Å². The number of fused-ring (bicyclic) bond motifs is 1. The van der Waals surface area contributed by atoms with Crippen LogP contribution in [0.5, 0.6) is 0 Å². The number of ether oxygens (including phenoxy) is 1. The van der Waals surface area contributed by atoms with Crippen molar-refractivity contribution in [3.05, 3.63) is 57.8 Å². The minimum atomic E-state index is -1.34. The molecule has 3 amide bonds. The summed E-state index contributed by atoms with van der Waals surface area (Å²) in [5.41, 5.74) is 0.668. The fraction of sp³-hybridized carbons (Fsp3) is 0.364. The van der Waals surface area contributed by atoms with Crippen molar-refractivity contribution in [2.75, 3.05) is 12.3 Å². The zero-order valence-corrected chi connectivity index (χ0v) is 19.5. The van der Waals surface area contributed by atoms with E-state index in [-0.39, 0.29) is 28.7 Å². The molecular formula is C22H24N2O6S2. The molecule has 2 aromatic rings. The summed E-state index contributed by atoms with van der Waals surface area (Å²) < 4.78 is 5.27. The van der Waals surface area contributed by atoms with E-state index in [0.29, 0.717) is 0 Å². The molecule has 1 unspecified atom stereocenters. The van der Waals surface area contributed by atoms with Gasteiger partial charge in [-0.15, -0.1) is 11.8 Å². The van der Waals surface area contributed by atoms with Gasteiger partial charge in [0, 0.05) is 17.5 Å². The Kier molecular flexibility index (Phi) is 7.25. The molecule has 3 rings (SSSR count). The van der Waals surface area contributed by atoms with Crippen LogP contribution in [0.25, 0.3) is 0 Å². The minimum absolute atomic E-state index is 0.0304. The summed E-state index contributed by atoms with van der Waals surface area (Å²) in [7, 11) is 0. The molecule has 32 heavy (non-hydrogen) atoms. The van der Waals surface area contributed by atoms with Gasteiger partial charge in [-0.2, -0.15) is 11.3 Å². The highest BCUT2D eigenvalue weighted by Gasteiger charge is 2.43. The molecule has 0 bridgehead atoms. The van der Waals surface area contributed by atoms with E-state index in [0.717, 1.165) is 10.5 Å². The maximum absolute atomic E-state index is 12.7. The van der Waals surface area contributed by atoms with Gasteiger partial charge < -0.3 is 15.2 Å². The number of carboxylic acids is 1. The van der Waals surface area contributed by atoms with E-state index in [4.69, 9.17) is 4.74 Å². The number of rotatable bonds is 8. The number of thiophene rings is 1. The molecule has 1 aliphatic rings. The summed E-state index contributed by atoms with van der Waals surface area (Å²) >= 11 is 2.73. The van der Waals surface area contributed by atoms with Gasteiger partial charge in [-0.25, -0.2) is 9.59 Å². The van der Waals surface area contributed by atoms with Crippen molar-refractivity contribution in [2.24, 2.45) is 0 Å². The molecule has 0 saturated heterocycles. The van der Waals surface area contributed by atoms with Crippen LogP contribution in [0.15, 0.2) is 41.1 Å². The molecule has 2 atom stereocenters. The van der Waals surface area contributed by atoms with Gasteiger partial charge in [0.15, 0.2) is 0 Å². The summed E-state index contributed by atoms with van der Waals surface area (Å²) in [5.74, 6) is -2.52. The lowest BCUT2D eigenvalue weighted by Crippen LogP contribution is -2.46. The smallest absolute Gasteiger partial charge is 0.407 e. The fourth-order valence-corrected chi connectivity index (χ4v) is 5.22. The number of carbonyl (C=O) groups excluding carboxylic acids is 3. The van der Waals surface area contributed by atoms with Gasteiger partial charge in [0.05, 0.1) is 11.1 Å². The molecule has 10 heteroatoms. The van der Waals surface area contributed by atoms with E-state index in [1.165, 1.54) is 35.2 Å². The Labute approximate surface area is 193 Å². The second-order valence-corrected chi connectivity index (χ2v) is 10.2. The zero-order valence-electron chi connectivity index (χ0n) is 17.9. The molecule has 0 radical (unpaired) electrons. The van der Waals surface area contributed by atoms with Crippen molar-refractivity contribution in [2.45, 2.75) is 37.7 Å². The van der Waals surface area contributed by atoms with E-state index in [2.05, 4.69) is 5.32 Å². The van der Waals surface area contributed by atoms with Crippen LogP contribution in [0.3, 0.4) is 0 Å². The highest BCUT2D eigenvalue weighted by atomic mass is 32.2. The number of hydrogen-bond donors (Lipinski definition) is 2. The maximum Gasteiger partial charge on any atom is 0.407 e. The molecule has 1 aromatic carbocycles. The first kappa shape index (κ1) is 23.8. The van der Waals surface area contributed by atoms with Crippen molar-refractivity contribution >= 4 is 47.0 Å². The van der Waals surface area contributed by atoms with Crippen molar-refractivity contribution in [3.8, 4) is 0 Å². The number of imide groups is 1. The average Bonchev–Trinajstić information content (AvgIpc) is 3.32. The lowest BCUT2D eigenvalue weighted by Gasteiger charge is -2.25. The number of hydrogen-bond acceptors (Lipinski definition) is 7. The Morgan fingerprint density at radius 1 is 1.16 bits per heavy atom. The molecule has 0 fully saturated rings. The van der Waals surface area contributed by atoms with Crippen LogP contribution in [-0.4, -0.2) is 57.8 Å². The predicted octanol–water partition coefficient (Wildman–Crippen LogP) is 3.80. The maximum atomic E-state index is 12.7. The lowest BCUT2D eigenvalue weighted by molar-refractivity contribution is -0.140. The van der Waals surface area contributed by atoms with Crippen molar-refractivity contribution in [1.82, 2.24) is 10.2 Å². The quantitative estimate of drug-likeness (QED) is 0.557. The average molecular weight is 477 g/mol. The van der Waals surface area contributed by atoms with Gasteiger partial charge in [0.1, 0.15) is 11.6 Å². The Bertz CT molecular complexity index is 981. The predicted molar refractivity (Wildman–Crippen MR) is 122 cm³/mol. The first-order valence-electron chi connectivity index (χ1n) is 9.88. The second kappa shape index (κ2) is 9.74. The van der Waals surface area contributed by atoms with Gasteiger partial charge in [0.25, 0.3) is 11.8 Å². The first-order chi connectivity index (χ1) is 15.1. The molecule has 2 N–H and O–H groups in total. The summed E-state index contributed by atoms with van der Waals surface area (Å²) in [4.78, 5) is 50.4. The molecule has 0 saturated carbocycles. The van der Waals surface area contributed by atoms with E-state index in [1.54, 1.807) is 32.9 Å². The lowest BCUT2D eigenvalue weighted by atomic mass is 10.1. The van der Waals surface area contributed by atoms with Crippen LogP contribution in [0.2, 0.25) is 0 Å². The van der Waals surface area contributed by atoms with Crippen LogP contribution in [-0.2, 0) is 9.53 Å². The van der Waals surface area contributed by atoms with Gasteiger partial charge in [-0.1, -0.05) is 12.1 Å². The third kappa shape index (κ3) is 5.49. The number of alkyl carbamates (subject to hydrolysis) is 1. The number of carbonyl (C=O) groups is 4. The zero-order chi connectivity index (χ0) is 23.5. The number of nitrogens with zero attached hydrogens (tertiary/aromatic N) is 1. The Balaban J connectivity index is 1.72. The molecule has 0 spiro atoms. The standard InChI is InChI=1S/C22H24N2O6S2/c1-22(2,3)30-21(29)23-10-17(13-8-9-31-11-13)32-12-16(20(27)28)24-18(25)14-6-4-5-7-15(14)19(24)26/h4-9,11,16-17H,10,12H2,1-3H3,(H,23,29)(H,27,28)/t16-,17?/m0/s1. The Morgan fingerprint density at radius 2 is 1.78 bits per heavy atom. The molecule has 8 nitrogen and oxygen atoms in total. The number of thioether (sulfide) groups is 1. The third-order valence-corrected chi connectivity index (χ3v) is 6.67. The number of carboxylic acid groups (broad SMARTS) is 1. The highest BCUT2D eigenvalue weighted by molar-refractivity contribution is 7.99. The SMILES string of the molecule is CC(C)(C)OC(=O)NCC(SC[C@@H](C(=O)O)N1C(=O)c2ccccc2C1=O)c1ccsc1. The minimum Gasteiger partial charge on any atom is -0.480 e. The van der Waals surface area contributed by atoms with Crippen LogP contribution in [0, 0.1) is 0 Å². The summed E-state index contributed by atoms with van der Waals surface area (Å²) in [5, 5.41) is 16.0. The Morgan fingerprint density at radius 3 is 2.28 bits per heavy atom. The largest absolute Gasteiger partial charge is 0.480 e. The van der Waals surface area contributed by atoms with E-state index in [9.17, 15) is 24.3 Å². The number of aliphatic carboxylic acids is 1. The van der Waals surface area contributed by atoms with Crippen molar-refractivity contribution in [3.63, 3.8) is 0 Å². The monoisotopic (exact) mass is 476 g/mol. The van der Waals surface area contributed by atoms with Gasteiger partial charge in [0.2, 0.25) is 0 Å². The van der Waals surface area contributed by atoms with Crippen LogP contribution in [0.1, 0.15) is 52.3 Å². The highest BCUT2D eigenvalue weighted by Crippen LogP contribution is 2.33. The van der Waals surface area contributed by atoms with Crippen LogP contribution < -0.4 is 5.32 Å². The molecule has 0 aliphatic carbocycles. The summed E-state index contributed by atoms with van der Waals surface area (Å²) in [6, 6.07) is 6.84. The van der Waals surface area contributed by atoms with Gasteiger partial charge in [-0.3, -0.25) is 14.5 Å². The number of amides is 3. The summed E-state index contributed by atoms with van der Waals surface area (Å²) in [6.45, 7) is 5.48. The van der Waals surface area contributed by atoms with Crippen LogP contribution >= 0.6 is 23.1 Å². The van der Waals surface area contributed by atoms with E-state index < -0.39 is 35.5 Å². The van der Waals surface area contributed by atoms with Crippen molar-refractivity contribution < 1.29 is 29.0 Å². The second-order valence-electron chi connectivity index (χ2n) is 8.14. The summed E-state index contributed by atoms with van der Waals surface area (Å²) in [6.07, 6.45) is -0.575. The van der Waals surface area contributed by atoms with E-state index in [1.807, 2.05) is 16.8 Å². The number of benzene rings is 1. The molecular weight excluding hydrogens is 452 g/mol. The van der Waals surface area contributed by atoms with E-state index >= 15 is 0 Å². The number of nitrogens with one attached hydrogen (secondary N) is 1. The molecule has 1 aliphatic heterocycles. The van der Waals surface area contributed by atoms with Crippen molar-refractivity contribution in [1.29, 1.82) is 0 Å². The normalized spacial score (nSPS) is 15.3. The van der Waals surface area contributed by atoms with Crippen LogP contribution in [0.4, 0.5) is 4.79 Å². The molecule has 2 heterocycles. The fourth-order valence-electron chi connectivity index (χ4n) is 3.18. The van der Waals surface area contributed by atoms with Gasteiger partial charge in [-0.05, 0) is 55.3 Å². The molecule has 170 valence electrons.